The van der Waals surface area contributed by atoms with Gasteiger partial charge in [-0.2, -0.15) is 0 Å². The largest absolute Gasteiger partial charge is 0.141 e. The third-order valence-corrected chi connectivity index (χ3v) is 2.08. The summed E-state index contributed by atoms with van der Waals surface area (Å²) in [6.07, 6.45) is 8.45. The van der Waals surface area contributed by atoms with Gasteiger partial charge in [-0.1, -0.05) is 79.8 Å². The summed E-state index contributed by atoms with van der Waals surface area (Å²) in [5.41, 5.74) is 0. The highest BCUT2D eigenvalue weighted by Gasteiger charge is 1.98. The summed E-state index contributed by atoms with van der Waals surface area (Å²) in [5, 5.41) is 0. The smallest absolute Gasteiger partial charge is 0.0443 e. The molecule has 0 saturated carbocycles. The van der Waals surface area contributed by atoms with Crippen LogP contribution in [0.25, 0.3) is 0 Å². The molecule has 0 aromatic rings. The van der Waals surface area contributed by atoms with Crippen LogP contribution in [0.4, 0.5) is 0 Å². The third-order valence-electron chi connectivity index (χ3n) is 2.08. The van der Waals surface area contributed by atoms with E-state index in [4.69, 9.17) is 0 Å². The molecule has 2 unspecified atom stereocenters. The molecule has 0 aliphatic rings. The first kappa shape index (κ1) is 19.9. The van der Waals surface area contributed by atoms with Crippen molar-refractivity contribution in [1.82, 2.24) is 0 Å². The van der Waals surface area contributed by atoms with Crippen LogP contribution in [-0.4, -0.2) is 6.66 Å². The topological polar surface area (TPSA) is 0 Å². The molecule has 90 valence electrons. The lowest BCUT2D eigenvalue weighted by Gasteiger charge is -2.07. The van der Waals surface area contributed by atoms with Crippen LogP contribution >= 0.6 is 9.24 Å². The lowest BCUT2D eigenvalue weighted by atomic mass is 9.99. The maximum absolute atomic E-state index is 2.42. The molecule has 0 nitrogen and oxygen atoms in total. The average molecular weight is 220 g/mol. The molecule has 14 heavy (non-hydrogen) atoms. The lowest BCUT2D eigenvalue weighted by molar-refractivity contribution is 0.459. The van der Waals surface area contributed by atoms with Crippen LogP contribution in [0.15, 0.2) is 0 Å². The quantitative estimate of drug-likeness (QED) is 0.408. The van der Waals surface area contributed by atoms with Crippen molar-refractivity contribution in [1.29, 1.82) is 0 Å². The van der Waals surface area contributed by atoms with Gasteiger partial charge in [-0.25, -0.2) is 0 Å². The molecule has 2 atom stereocenters. The zero-order valence-corrected chi connectivity index (χ0v) is 12.6. The highest BCUT2D eigenvalue weighted by atomic mass is 31.0. The zero-order chi connectivity index (χ0) is 11.8. The molecule has 0 heterocycles. The van der Waals surface area contributed by atoms with E-state index in [9.17, 15) is 0 Å². The molecule has 0 amide bonds. The molecule has 0 spiro atoms. The summed E-state index contributed by atoms with van der Waals surface area (Å²) >= 11 is 0. The molecule has 0 fully saturated rings. The van der Waals surface area contributed by atoms with Gasteiger partial charge < -0.3 is 0 Å². The highest BCUT2D eigenvalue weighted by molar-refractivity contribution is 7.15. The van der Waals surface area contributed by atoms with Crippen molar-refractivity contribution in [2.45, 2.75) is 73.1 Å². The van der Waals surface area contributed by atoms with Gasteiger partial charge in [0.2, 0.25) is 0 Å². The van der Waals surface area contributed by atoms with Gasteiger partial charge >= 0.3 is 0 Å². The van der Waals surface area contributed by atoms with Crippen molar-refractivity contribution in [2.24, 2.45) is 5.92 Å². The van der Waals surface area contributed by atoms with E-state index in [0.29, 0.717) is 0 Å². The molecule has 0 N–H and O–H groups in total. The molecule has 0 bridgehead atoms. The summed E-state index contributed by atoms with van der Waals surface area (Å²) in [5.74, 6) is 0.969. The first-order chi connectivity index (χ1) is 6.81. The minimum Gasteiger partial charge on any atom is -0.141 e. The van der Waals surface area contributed by atoms with Gasteiger partial charge in [-0.05, 0) is 5.92 Å². The summed E-state index contributed by atoms with van der Waals surface area (Å²) in [7, 11) is 2.42. The van der Waals surface area contributed by atoms with Gasteiger partial charge in [0.15, 0.2) is 0 Å². The van der Waals surface area contributed by atoms with Crippen LogP contribution < -0.4 is 0 Å². The van der Waals surface area contributed by atoms with Crippen molar-refractivity contribution in [2.75, 3.05) is 6.66 Å². The molecule has 0 aliphatic heterocycles. The summed E-state index contributed by atoms with van der Waals surface area (Å²) < 4.78 is 0. The fraction of sp³-hybridized carbons (Fsp3) is 1.00. The Morgan fingerprint density at radius 1 is 0.857 bits per heavy atom. The standard InChI is InChI=1S/C10H22.C2H6.CH5P/c1-4-6-7-9-10(3)8-5-2;2*1-2/h10H,4-9H2,1-3H3;1-2H3;2H2,1H3. The normalized spacial score (nSPS) is 10.5. The van der Waals surface area contributed by atoms with Crippen LogP contribution in [0, 0.1) is 5.92 Å². The highest BCUT2D eigenvalue weighted by Crippen LogP contribution is 2.13. The van der Waals surface area contributed by atoms with E-state index >= 15 is 0 Å². The second-order valence-corrected chi connectivity index (χ2v) is 3.39. The van der Waals surface area contributed by atoms with Crippen molar-refractivity contribution in [3.63, 3.8) is 0 Å². The van der Waals surface area contributed by atoms with E-state index in [1.165, 1.54) is 38.5 Å². The fourth-order valence-corrected chi connectivity index (χ4v) is 1.38. The molecule has 0 radical (unpaired) electrons. The Hall–Kier alpha value is 0.430. The Morgan fingerprint density at radius 2 is 1.36 bits per heavy atom. The average Bonchev–Trinajstić information content (AvgIpc) is 2.25. The van der Waals surface area contributed by atoms with Crippen LogP contribution in [0.2, 0.25) is 0 Å². The van der Waals surface area contributed by atoms with Crippen LogP contribution in [0.1, 0.15) is 73.1 Å². The third kappa shape index (κ3) is 22.9. The van der Waals surface area contributed by atoms with Crippen molar-refractivity contribution in [3.8, 4) is 0 Å². The van der Waals surface area contributed by atoms with E-state index in [-0.39, 0.29) is 0 Å². The number of rotatable bonds is 6. The minimum absolute atomic E-state index is 0.969. The van der Waals surface area contributed by atoms with E-state index < -0.39 is 0 Å². The first-order valence-electron chi connectivity index (χ1n) is 6.39. The van der Waals surface area contributed by atoms with Gasteiger partial charge in [0.05, 0.1) is 0 Å². The fourth-order valence-electron chi connectivity index (χ4n) is 1.38. The second-order valence-electron chi connectivity index (χ2n) is 3.39. The molecule has 1 heteroatoms. The minimum atomic E-state index is 0.969. The summed E-state index contributed by atoms with van der Waals surface area (Å²) in [4.78, 5) is 0. The second kappa shape index (κ2) is 23.3. The number of hydrogen-bond acceptors (Lipinski definition) is 0. The van der Waals surface area contributed by atoms with E-state index in [0.717, 1.165) is 5.92 Å². The molecule has 0 aromatic carbocycles. The SMILES string of the molecule is CC.CCCCCC(C)CCC.CP. The van der Waals surface area contributed by atoms with Crippen LogP contribution in [0.3, 0.4) is 0 Å². The maximum Gasteiger partial charge on any atom is -0.0443 e. The molecule has 0 rings (SSSR count). The Morgan fingerprint density at radius 3 is 1.71 bits per heavy atom. The van der Waals surface area contributed by atoms with Gasteiger partial charge in [-0.15, -0.1) is 9.24 Å². The van der Waals surface area contributed by atoms with E-state index in [2.05, 4.69) is 30.0 Å². The van der Waals surface area contributed by atoms with Gasteiger partial charge in [-0.3, -0.25) is 0 Å². The van der Waals surface area contributed by atoms with Gasteiger partial charge in [0.1, 0.15) is 0 Å². The monoisotopic (exact) mass is 220 g/mol. The number of unbranched alkanes of at least 4 members (excludes halogenated alkanes) is 2. The molecule has 0 aromatic heterocycles. The predicted octanol–water partition coefficient (Wildman–Crippen LogP) is 5.52. The van der Waals surface area contributed by atoms with Crippen molar-refractivity contribution < 1.29 is 0 Å². The molecule has 0 aliphatic carbocycles. The molecular weight excluding hydrogens is 187 g/mol. The van der Waals surface area contributed by atoms with Gasteiger partial charge in [0, 0.05) is 0 Å². The van der Waals surface area contributed by atoms with E-state index in [1.54, 1.807) is 0 Å². The Labute approximate surface area is 95.5 Å². The van der Waals surface area contributed by atoms with Crippen molar-refractivity contribution in [3.05, 3.63) is 0 Å². The van der Waals surface area contributed by atoms with Gasteiger partial charge in [0.25, 0.3) is 0 Å². The lowest BCUT2D eigenvalue weighted by Crippen LogP contribution is -1.92. The molecular formula is C13H33P. The summed E-state index contributed by atoms with van der Waals surface area (Å²) in [6, 6.07) is 0. The Bertz CT molecular complexity index is 62.3. The Kier molecular flexibility index (Phi) is 33.2. The van der Waals surface area contributed by atoms with E-state index in [1.807, 2.05) is 20.5 Å². The maximum atomic E-state index is 2.42. The van der Waals surface area contributed by atoms with Crippen LogP contribution in [-0.2, 0) is 0 Å². The van der Waals surface area contributed by atoms with Crippen LogP contribution in [0.5, 0.6) is 0 Å². The first-order valence-corrected chi connectivity index (χ1v) is 7.54. The number of hydrogen-bond donors (Lipinski definition) is 0. The molecule has 0 saturated heterocycles. The predicted molar refractivity (Wildman–Crippen MR) is 75.2 cm³/mol. The summed E-state index contributed by atoms with van der Waals surface area (Å²) in [6.45, 7) is 12.8. The Balaban J connectivity index is -0.000000266. The zero-order valence-electron chi connectivity index (χ0n) is 11.4. The van der Waals surface area contributed by atoms with Crippen molar-refractivity contribution >= 4 is 9.24 Å².